The third-order valence-corrected chi connectivity index (χ3v) is 6.16. The number of ketones is 1. The van der Waals surface area contributed by atoms with E-state index in [1.807, 2.05) is 13.8 Å². The number of nitrogens with one attached hydrogen (secondary N) is 2. The Hall–Kier alpha value is -2.96. The topological polar surface area (TPSA) is 101 Å². The summed E-state index contributed by atoms with van der Waals surface area (Å²) in [5.74, 6) is 0.589. The lowest BCUT2D eigenvalue weighted by Gasteiger charge is -2.29. The van der Waals surface area contributed by atoms with Crippen LogP contribution in [0.1, 0.15) is 78.8 Å². The summed E-state index contributed by atoms with van der Waals surface area (Å²) in [7, 11) is 0. The molecule has 2 aromatic heterocycles. The van der Waals surface area contributed by atoms with E-state index in [4.69, 9.17) is 4.74 Å². The van der Waals surface area contributed by atoms with Crippen LogP contribution in [0.4, 0.5) is 5.82 Å². The number of fused-ring (bicyclic) bond motifs is 1. The number of aromatic nitrogens is 2. The number of hydrogen-bond donors (Lipinski definition) is 2. The molecule has 7 heteroatoms. The van der Waals surface area contributed by atoms with Crippen molar-refractivity contribution in [3.05, 3.63) is 51.6 Å². The lowest BCUT2D eigenvalue weighted by atomic mass is 9.75. The van der Waals surface area contributed by atoms with E-state index in [0.29, 0.717) is 42.4 Å². The van der Waals surface area contributed by atoms with Crippen molar-refractivity contribution in [1.82, 2.24) is 9.97 Å². The Bertz CT molecular complexity index is 1050. The van der Waals surface area contributed by atoms with Gasteiger partial charge in [0.2, 0.25) is 0 Å². The second-order valence-electron chi connectivity index (χ2n) is 9.46. The molecule has 0 aliphatic heterocycles. The van der Waals surface area contributed by atoms with Crippen LogP contribution in [-0.2, 0) is 6.42 Å². The molecule has 2 aliphatic carbocycles. The van der Waals surface area contributed by atoms with E-state index in [-0.39, 0.29) is 22.6 Å². The quantitative estimate of drug-likeness (QED) is 0.753. The molecule has 164 valence electrons. The lowest BCUT2D eigenvalue weighted by Crippen LogP contribution is -2.33. The van der Waals surface area contributed by atoms with Gasteiger partial charge in [-0.25, -0.2) is 4.98 Å². The van der Waals surface area contributed by atoms with Crippen molar-refractivity contribution in [1.29, 1.82) is 0 Å². The molecule has 2 aromatic rings. The molecule has 1 saturated carbocycles. The molecular formula is C24H29N3O4. The summed E-state index contributed by atoms with van der Waals surface area (Å²) in [6.07, 6.45) is 8.56. The molecule has 0 atom stereocenters. The van der Waals surface area contributed by atoms with Gasteiger partial charge >= 0.3 is 0 Å². The van der Waals surface area contributed by atoms with Gasteiger partial charge in [-0.3, -0.25) is 14.4 Å². The number of anilines is 1. The molecule has 0 unspecified atom stereocenters. The van der Waals surface area contributed by atoms with Gasteiger partial charge in [0, 0.05) is 23.9 Å². The van der Waals surface area contributed by atoms with Crippen molar-refractivity contribution in [3.63, 3.8) is 0 Å². The fourth-order valence-electron chi connectivity index (χ4n) is 4.53. The van der Waals surface area contributed by atoms with Crippen molar-refractivity contribution < 1.29 is 14.3 Å². The van der Waals surface area contributed by atoms with Gasteiger partial charge in [0.05, 0.1) is 6.61 Å². The molecule has 2 N–H and O–H groups in total. The van der Waals surface area contributed by atoms with E-state index >= 15 is 0 Å². The number of carbonyl (C=O) groups is 2. The molecule has 0 saturated heterocycles. The zero-order valence-corrected chi connectivity index (χ0v) is 18.1. The first-order valence-corrected chi connectivity index (χ1v) is 11.0. The maximum atomic E-state index is 12.9. The Balaban J connectivity index is 1.52. The zero-order chi connectivity index (χ0) is 22.0. The van der Waals surface area contributed by atoms with Gasteiger partial charge in [-0.1, -0.05) is 33.1 Å². The zero-order valence-electron chi connectivity index (χ0n) is 18.1. The third-order valence-electron chi connectivity index (χ3n) is 6.16. The molecule has 0 radical (unpaired) electrons. The lowest BCUT2D eigenvalue weighted by molar-refractivity contribution is 0.0910. The minimum Gasteiger partial charge on any atom is -0.489 e. The van der Waals surface area contributed by atoms with Gasteiger partial charge < -0.3 is 15.0 Å². The van der Waals surface area contributed by atoms with Gasteiger partial charge in [-0.15, -0.1) is 0 Å². The van der Waals surface area contributed by atoms with E-state index in [0.717, 1.165) is 12.8 Å². The highest BCUT2D eigenvalue weighted by atomic mass is 16.5. The van der Waals surface area contributed by atoms with Crippen LogP contribution in [0.25, 0.3) is 0 Å². The molecule has 0 aromatic carbocycles. The molecule has 0 spiro atoms. The van der Waals surface area contributed by atoms with Crippen LogP contribution < -0.4 is 15.6 Å². The summed E-state index contributed by atoms with van der Waals surface area (Å²) in [5.41, 5.74) is 0.184. The number of rotatable bonds is 5. The number of carbonyl (C=O) groups excluding carboxylic acids is 2. The van der Waals surface area contributed by atoms with Crippen LogP contribution in [0, 0.1) is 11.3 Å². The molecule has 31 heavy (non-hydrogen) atoms. The van der Waals surface area contributed by atoms with Crippen molar-refractivity contribution in [2.24, 2.45) is 11.3 Å². The smallest absolute Gasteiger partial charge is 0.262 e. The second-order valence-corrected chi connectivity index (χ2v) is 9.46. The molecule has 7 nitrogen and oxygen atoms in total. The van der Waals surface area contributed by atoms with Crippen LogP contribution in [-0.4, -0.2) is 28.3 Å². The first-order chi connectivity index (χ1) is 14.8. The van der Waals surface area contributed by atoms with Gasteiger partial charge in [0.25, 0.3) is 11.5 Å². The van der Waals surface area contributed by atoms with E-state index < -0.39 is 11.5 Å². The molecule has 4 rings (SSSR count). The Morgan fingerprint density at radius 3 is 2.77 bits per heavy atom. The molecule has 2 heterocycles. The number of pyridine rings is 2. The maximum absolute atomic E-state index is 12.9. The monoisotopic (exact) mass is 423 g/mol. The minimum absolute atomic E-state index is 0.0640. The Labute approximate surface area is 181 Å². The summed E-state index contributed by atoms with van der Waals surface area (Å²) in [4.78, 5) is 45.0. The average Bonchev–Trinajstić information content (AvgIpc) is 2.72. The second kappa shape index (κ2) is 8.65. The molecule has 0 bridgehead atoms. The van der Waals surface area contributed by atoms with Crippen molar-refractivity contribution in [2.45, 2.75) is 58.8 Å². The standard InChI is InChI=1S/C24H29N3O4/c1-24(2)12-18-16(19(28)13-24)11-17(22(29)26-18)23(30)27-21-20(9-6-10-25-21)31-14-15-7-4-3-5-8-15/h6,9-11,15H,3-5,7-8,12-14H2,1-2H3,(H,26,29)(H,25,27,30). The third kappa shape index (κ3) is 4.86. The van der Waals surface area contributed by atoms with Crippen LogP contribution in [0.5, 0.6) is 5.75 Å². The van der Waals surface area contributed by atoms with E-state index in [9.17, 15) is 14.4 Å². The molecule has 1 amide bonds. The highest BCUT2D eigenvalue weighted by Gasteiger charge is 2.32. The largest absolute Gasteiger partial charge is 0.489 e. The van der Waals surface area contributed by atoms with Crippen LogP contribution in [0.2, 0.25) is 0 Å². The van der Waals surface area contributed by atoms with E-state index in [1.165, 1.54) is 25.3 Å². The Morgan fingerprint density at radius 2 is 2.00 bits per heavy atom. The summed E-state index contributed by atoms with van der Waals surface area (Å²) in [6, 6.07) is 4.92. The summed E-state index contributed by atoms with van der Waals surface area (Å²) < 4.78 is 5.96. The first kappa shape index (κ1) is 21.3. The van der Waals surface area contributed by atoms with Crippen molar-refractivity contribution >= 4 is 17.5 Å². The van der Waals surface area contributed by atoms with Crippen molar-refractivity contribution in [2.75, 3.05) is 11.9 Å². The normalized spacial score (nSPS) is 18.3. The summed E-state index contributed by atoms with van der Waals surface area (Å²) >= 11 is 0. The highest BCUT2D eigenvalue weighted by molar-refractivity contribution is 6.06. The fourth-order valence-corrected chi connectivity index (χ4v) is 4.53. The Kier molecular flexibility index (Phi) is 5.94. The van der Waals surface area contributed by atoms with Gasteiger partial charge in [0.15, 0.2) is 17.4 Å². The SMILES string of the molecule is CC1(C)CC(=O)c2cc(C(=O)Nc3ncccc3OCC3CCCCC3)c(=O)[nH]c2C1. The number of ether oxygens (including phenoxy) is 1. The summed E-state index contributed by atoms with van der Waals surface area (Å²) in [5, 5.41) is 2.69. The van der Waals surface area contributed by atoms with Crippen LogP contribution in [0.15, 0.2) is 29.2 Å². The van der Waals surface area contributed by atoms with Gasteiger partial charge in [-0.2, -0.15) is 0 Å². The number of amides is 1. The van der Waals surface area contributed by atoms with Crippen molar-refractivity contribution in [3.8, 4) is 5.75 Å². The number of nitrogens with zero attached hydrogens (tertiary/aromatic N) is 1. The van der Waals surface area contributed by atoms with E-state index in [1.54, 1.807) is 18.3 Å². The minimum atomic E-state index is -0.608. The van der Waals surface area contributed by atoms with Gasteiger partial charge in [-0.05, 0) is 48.8 Å². The fraction of sp³-hybridized carbons (Fsp3) is 0.500. The molecule has 1 fully saturated rings. The van der Waals surface area contributed by atoms with E-state index in [2.05, 4.69) is 15.3 Å². The van der Waals surface area contributed by atoms with Crippen LogP contribution in [0.3, 0.4) is 0 Å². The highest BCUT2D eigenvalue weighted by Crippen LogP contribution is 2.33. The Morgan fingerprint density at radius 1 is 1.23 bits per heavy atom. The molecule has 2 aliphatic rings. The predicted molar refractivity (Wildman–Crippen MR) is 118 cm³/mol. The van der Waals surface area contributed by atoms with Gasteiger partial charge in [0.1, 0.15) is 5.56 Å². The number of Topliss-reactive ketones (excluding diaryl/α,β-unsaturated/α-hetero) is 1. The number of hydrogen-bond acceptors (Lipinski definition) is 5. The average molecular weight is 424 g/mol. The van der Waals surface area contributed by atoms with Crippen LogP contribution >= 0.6 is 0 Å². The molecular weight excluding hydrogens is 394 g/mol. The predicted octanol–water partition coefficient (Wildman–Crippen LogP) is 4.14. The maximum Gasteiger partial charge on any atom is 0.262 e. The number of H-pyrrole nitrogens is 1. The first-order valence-electron chi connectivity index (χ1n) is 11.0. The summed E-state index contributed by atoms with van der Waals surface area (Å²) in [6.45, 7) is 4.56. The number of aromatic amines is 1.